The summed E-state index contributed by atoms with van der Waals surface area (Å²) in [6, 6.07) is 4.61. The van der Waals surface area contributed by atoms with Gasteiger partial charge in [0.1, 0.15) is 11.6 Å². The zero-order valence-electron chi connectivity index (χ0n) is 15.6. The van der Waals surface area contributed by atoms with Crippen molar-refractivity contribution in [2.24, 2.45) is 0 Å². The van der Waals surface area contributed by atoms with Crippen molar-refractivity contribution >= 4 is 62.0 Å². The molecule has 1 aromatic carbocycles. The molecule has 0 saturated carbocycles. The Hall–Kier alpha value is -2.04. The van der Waals surface area contributed by atoms with Gasteiger partial charge in [-0.3, -0.25) is 14.2 Å². The van der Waals surface area contributed by atoms with Gasteiger partial charge in [-0.15, -0.1) is 11.3 Å². The number of thiophene rings is 1. The lowest BCUT2D eigenvalue weighted by Crippen LogP contribution is -2.28. The van der Waals surface area contributed by atoms with Crippen molar-refractivity contribution in [2.75, 3.05) is 0 Å². The molecule has 5 nitrogen and oxygen atoms in total. The second kappa shape index (κ2) is 8.00. The maximum atomic E-state index is 13.4. The number of pyridine rings is 1. The second-order valence-electron chi connectivity index (χ2n) is 6.58. The third kappa shape index (κ3) is 3.43. The molecular weight excluding hydrogens is 455 g/mol. The standard InChI is InChI=1S/C20H15Cl3N2O3S/c1-4-8(2)25-19(27)11(7-24)9(3)14(20(25)28)17(26)18-16(23)15-12(22)5-10(21)6-13(15)29-18/h5-6,8,28H,4H2,1-3H3. The van der Waals surface area contributed by atoms with E-state index in [1.165, 1.54) is 13.0 Å². The molecule has 2 heterocycles. The highest BCUT2D eigenvalue weighted by atomic mass is 35.5. The molecule has 2 aromatic heterocycles. The van der Waals surface area contributed by atoms with Gasteiger partial charge < -0.3 is 5.11 Å². The molecule has 1 atom stereocenters. The van der Waals surface area contributed by atoms with E-state index in [0.29, 0.717) is 26.6 Å². The topological polar surface area (TPSA) is 83.1 Å². The number of nitriles is 1. The van der Waals surface area contributed by atoms with Gasteiger partial charge in [-0.25, -0.2) is 0 Å². The number of ketones is 1. The van der Waals surface area contributed by atoms with Crippen LogP contribution in [-0.2, 0) is 0 Å². The molecule has 0 saturated heterocycles. The van der Waals surface area contributed by atoms with Crippen LogP contribution >= 0.6 is 46.1 Å². The van der Waals surface area contributed by atoms with Crippen LogP contribution in [0.25, 0.3) is 10.1 Å². The number of carbonyl (C=O) groups excluding carboxylic acids is 1. The molecule has 0 radical (unpaired) electrons. The summed E-state index contributed by atoms with van der Waals surface area (Å²) in [6.45, 7) is 5.01. The molecule has 0 amide bonds. The van der Waals surface area contributed by atoms with Crippen LogP contribution < -0.4 is 5.56 Å². The zero-order chi connectivity index (χ0) is 21.6. The summed E-state index contributed by atoms with van der Waals surface area (Å²) in [5.74, 6) is -1.07. The number of aromatic hydroxyl groups is 1. The number of nitrogens with zero attached hydrogens (tertiary/aromatic N) is 2. The maximum Gasteiger partial charge on any atom is 0.271 e. The Morgan fingerprint density at radius 3 is 2.59 bits per heavy atom. The first-order chi connectivity index (χ1) is 13.6. The van der Waals surface area contributed by atoms with E-state index in [1.807, 2.05) is 13.0 Å². The molecule has 1 N–H and O–H groups in total. The average molecular weight is 470 g/mol. The minimum Gasteiger partial charge on any atom is -0.494 e. The van der Waals surface area contributed by atoms with Gasteiger partial charge in [0.05, 0.1) is 20.5 Å². The largest absolute Gasteiger partial charge is 0.494 e. The molecule has 0 aliphatic carbocycles. The van der Waals surface area contributed by atoms with Crippen molar-refractivity contribution in [3.05, 3.63) is 59.1 Å². The maximum absolute atomic E-state index is 13.4. The number of carbonyl (C=O) groups is 1. The monoisotopic (exact) mass is 468 g/mol. The van der Waals surface area contributed by atoms with Gasteiger partial charge in [-0.1, -0.05) is 41.7 Å². The van der Waals surface area contributed by atoms with E-state index in [-0.39, 0.29) is 26.6 Å². The molecule has 1 unspecified atom stereocenters. The number of aromatic nitrogens is 1. The quantitative estimate of drug-likeness (QED) is 0.467. The lowest BCUT2D eigenvalue weighted by Gasteiger charge is -2.19. The third-order valence-corrected chi connectivity index (χ3v) is 7.00. The first kappa shape index (κ1) is 21.7. The van der Waals surface area contributed by atoms with Crippen LogP contribution in [-0.4, -0.2) is 15.5 Å². The molecule has 3 rings (SSSR count). The molecule has 9 heteroatoms. The van der Waals surface area contributed by atoms with Crippen molar-refractivity contribution in [3.8, 4) is 11.9 Å². The molecule has 0 aliphatic heterocycles. The number of rotatable bonds is 4. The van der Waals surface area contributed by atoms with Crippen LogP contribution in [0.2, 0.25) is 15.1 Å². The minimum atomic E-state index is -0.634. The Kier molecular flexibility index (Phi) is 5.98. The Labute approximate surface area is 185 Å². The highest BCUT2D eigenvalue weighted by Crippen LogP contribution is 2.43. The fourth-order valence-corrected chi connectivity index (χ4v) is 5.48. The summed E-state index contributed by atoms with van der Waals surface area (Å²) in [6.07, 6.45) is 0.521. The Balaban J connectivity index is 2.35. The third-order valence-electron chi connectivity index (χ3n) is 4.86. The van der Waals surface area contributed by atoms with Gasteiger partial charge >= 0.3 is 0 Å². The van der Waals surface area contributed by atoms with Crippen molar-refractivity contribution < 1.29 is 9.90 Å². The van der Waals surface area contributed by atoms with Gasteiger partial charge in [0.2, 0.25) is 11.7 Å². The zero-order valence-corrected chi connectivity index (χ0v) is 18.7. The fraction of sp³-hybridized carbons (Fsp3) is 0.250. The van der Waals surface area contributed by atoms with Crippen LogP contribution in [0.1, 0.15) is 52.7 Å². The lowest BCUT2D eigenvalue weighted by atomic mass is 10.00. The van der Waals surface area contributed by atoms with Gasteiger partial charge in [0.25, 0.3) is 5.56 Å². The second-order valence-corrected chi connectivity index (χ2v) is 8.85. The highest BCUT2D eigenvalue weighted by Gasteiger charge is 2.29. The van der Waals surface area contributed by atoms with Crippen LogP contribution in [0.3, 0.4) is 0 Å². The van der Waals surface area contributed by atoms with Crippen molar-refractivity contribution in [1.29, 1.82) is 5.26 Å². The first-order valence-corrected chi connectivity index (χ1v) is 10.6. The van der Waals surface area contributed by atoms with Gasteiger partial charge in [-0.05, 0) is 38.0 Å². The van der Waals surface area contributed by atoms with E-state index < -0.39 is 23.3 Å². The molecule has 0 spiro atoms. The van der Waals surface area contributed by atoms with E-state index in [4.69, 9.17) is 34.8 Å². The Morgan fingerprint density at radius 1 is 1.34 bits per heavy atom. The smallest absolute Gasteiger partial charge is 0.271 e. The van der Waals surface area contributed by atoms with Gasteiger partial charge in [0, 0.05) is 21.2 Å². The van der Waals surface area contributed by atoms with Crippen molar-refractivity contribution in [2.45, 2.75) is 33.2 Å². The molecule has 150 valence electrons. The minimum absolute atomic E-state index is 0.109. The number of fused-ring (bicyclic) bond motifs is 1. The predicted molar refractivity (Wildman–Crippen MR) is 117 cm³/mol. The SMILES string of the molecule is CCC(C)n1c(O)c(C(=O)c2sc3cc(Cl)cc(Cl)c3c2Cl)c(C)c(C#N)c1=O. The van der Waals surface area contributed by atoms with Gasteiger partial charge in [-0.2, -0.15) is 5.26 Å². The Morgan fingerprint density at radius 2 is 2.00 bits per heavy atom. The molecule has 0 bridgehead atoms. The van der Waals surface area contributed by atoms with Crippen LogP contribution in [0.4, 0.5) is 0 Å². The van der Waals surface area contributed by atoms with E-state index in [1.54, 1.807) is 13.0 Å². The van der Waals surface area contributed by atoms with Crippen molar-refractivity contribution in [3.63, 3.8) is 0 Å². The summed E-state index contributed by atoms with van der Waals surface area (Å²) < 4.78 is 1.69. The summed E-state index contributed by atoms with van der Waals surface area (Å²) >= 11 is 19.8. The fourth-order valence-electron chi connectivity index (χ4n) is 3.16. The molecule has 3 aromatic rings. The van der Waals surface area contributed by atoms with E-state index in [2.05, 4.69) is 0 Å². The van der Waals surface area contributed by atoms with Crippen molar-refractivity contribution in [1.82, 2.24) is 4.57 Å². The summed E-state index contributed by atoms with van der Waals surface area (Å²) in [5.41, 5.74) is -0.843. The van der Waals surface area contributed by atoms with Gasteiger partial charge in [0.15, 0.2) is 0 Å². The molecule has 0 fully saturated rings. The molecule has 0 aliphatic rings. The first-order valence-electron chi connectivity index (χ1n) is 8.63. The van der Waals surface area contributed by atoms with E-state index >= 15 is 0 Å². The predicted octanol–water partition coefficient (Wildman–Crippen LogP) is 6.11. The summed E-state index contributed by atoms with van der Waals surface area (Å²) in [4.78, 5) is 26.2. The number of hydrogen-bond acceptors (Lipinski definition) is 5. The average Bonchev–Trinajstić information content (AvgIpc) is 2.98. The summed E-state index contributed by atoms with van der Waals surface area (Å²) in [5, 5.41) is 21.6. The number of benzene rings is 1. The molecule has 29 heavy (non-hydrogen) atoms. The van der Waals surface area contributed by atoms with Crippen LogP contribution in [0.15, 0.2) is 16.9 Å². The number of halogens is 3. The summed E-state index contributed by atoms with van der Waals surface area (Å²) in [7, 11) is 0. The van der Waals surface area contributed by atoms with Crippen LogP contribution in [0, 0.1) is 18.3 Å². The highest BCUT2D eigenvalue weighted by molar-refractivity contribution is 7.22. The van der Waals surface area contributed by atoms with E-state index in [9.17, 15) is 20.0 Å². The van der Waals surface area contributed by atoms with E-state index in [0.717, 1.165) is 15.9 Å². The number of hydrogen-bond donors (Lipinski definition) is 1. The normalized spacial score (nSPS) is 12.2. The van der Waals surface area contributed by atoms with Crippen LogP contribution in [0.5, 0.6) is 5.88 Å². The molecular formula is C20H15Cl3N2O3S. The Bertz CT molecular complexity index is 1270. The lowest BCUT2D eigenvalue weighted by molar-refractivity contribution is 0.103.